The van der Waals surface area contributed by atoms with Crippen LogP contribution in [0.25, 0.3) is 43.8 Å². The van der Waals surface area contributed by atoms with Crippen LogP contribution in [0.3, 0.4) is 0 Å². The fourth-order valence-corrected chi connectivity index (χ4v) is 10.6. The van der Waals surface area contributed by atoms with Gasteiger partial charge in [0.15, 0.2) is 5.78 Å². The van der Waals surface area contributed by atoms with Crippen LogP contribution in [-0.4, -0.2) is 83.6 Å². The van der Waals surface area contributed by atoms with Crippen LogP contribution in [0, 0.1) is 5.41 Å². The van der Waals surface area contributed by atoms with Gasteiger partial charge >= 0.3 is 11.9 Å². The number of fused-ring (bicyclic) bond motifs is 2. The Balaban J connectivity index is 1.43. The van der Waals surface area contributed by atoms with Crippen molar-refractivity contribution >= 4 is 67.7 Å². The lowest BCUT2D eigenvalue weighted by molar-refractivity contribution is -0.228. The Bertz CT molecular complexity index is 2960. The second kappa shape index (κ2) is 16.7. The highest BCUT2D eigenvalue weighted by atomic mass is 16.5. The van der Waals surface area contributed by atoms with E-state index >= 15 is 0 Å². The van der Waals surface area contributed by atoms with Crippen molar-refractivity contribution in [2.75, 3.05) is 17.7 Å². The molecule has 5 aromatic rings. The molecule has 2 saturated heterocycles. The summed E-state index contributed by atoms with van der Waals surface area (Å²) in [6.45, 7) is 21.6. The molecule has 0 bridgehead atoms. The van der Waals surface area contributed by atoms with E-state index in [4.69, 9.17) is 0 Å². The number of nitrogens with one attached hydrogen (secondary N) is 2. The SMILES string of the molecule is CCC(C)(C)C(=O)c1cc(-c2ccc(C(=O)Nc3ccc4c(=C5CC(C)(C)N(O)C(C)(C)C5)c5cc(NC)ccc5c(=C5CC(C)(C)N(O)C(C)(C)C5)c4c3)c(C(=O)O)c2)ccc1C(=O)O. The molecule has 0 radical (unpaired) electrons. The summed E-state index contributed by atoms with van der Waals surface area (Å²) in [4.78, 5) is 53.0. The number of nitrogens with zero attached hydrogens (tertiary/aromatic N) is 2. The number of hydroxylamine groups is 4. The van der Waals surface area contributed by atoms with Crippen molar-refractivity contribution in [1.29, 1.82) is 0 Å². The topological polar surface area (TPSA) is 180 Å². The summed E-state index contributed by atoms with van der Waals surface area (Å²) in [6.07, 6.45) is 2.81. The number of carboxylic acid groups (broad SMARTS) is 2. The van der Waals surface area contributed by atoms with Crippen LogP contribution in [0.4, 0.5) is 11.4 Å². The molecule has 0 spiro atoms. The third-order valence-electron chi connectivity index (χ3n) is 14.1. The van der Waals surface area contributed by atoms with E-state index in [2.05, 4.69) is 28.8 Å². The molecule has 2 aliphatic rings. The molecule has 5 aromatic carbocycles. The highest BCUT2D eigenvalue weighted by Crippen LogP contribution is 2.43. The van der Waals surface area contributed by atoms with Crippen LogP contribution in [0.15, 0.2) is 72.8 Å². The van der Waals surface area contributed by atoms with E-state index in [0.717, 1.165) is 43.2 Å². The molecule has 1 amide bonds. The number of carboxylic acids is 2. The van der Waals surface area contributed by atoms with Crippen LogP contribution in [0.1, 0.15) is 150 Å². The van der Waals surface area contributed by atoms with Crippen molar-refractivity contribution in [2.24, 2.45) is 5.41 Å². The van der Waals surface area contributed by atoms with E-state index in [1.54, 1.807) is 19.9 Å². The van der Waals surface area contributed by atoms with Gasteiger partial charge in [-0.15, -0.1) is 0 Å². The summed E-state index contributed by atoms with van der Waals surface area (Å²) < 4.78 is 0. The van der Waals surface area contributed by atoms with Crippen LogP contribution in [-0.2, 0) is 0 Å². The van der Waals surface area contributed by atoms with Gasteiger partial charge in [-0.25, -0.2) is 9.59 Å². The van der Waals surface area contributed by atoms with Crippen LogP contribution >= 0.6 is 0 Å². The Morgan fingerprint density at radius 1 is 0.561 bits per heavy atom. The number of anilines is 2. The quantitative estimate of drug-likeness (QED) is 0.0612. The summed E-state index contributed by atoms with van der Waals surface area (Å²) in [6, 6.07) is 21.0. The average molecular weight is 897 g/mol. The first-order chi connectivity index (χ1) is 30.6. The normalized spacial score (nSPS) is 18.3. The Kier molecular flexibility index (Phi) is 12.2. The second-order valence-electron chi connectivity index (χ2n) is 21.5. The number of piperidine rings is 2. The van der Waals surface area contributed by atoms with Crippen molar-refractivity contribution in [3.8, 4) is 11.1 Å². The molecule has 66 heavy (non-hydrogen) atoms. The average Bonchev–Trinajstić information content (AvgIpc) is 3.24. The fraction of sp³-hybridized carbons (Fsp3) is 0.407. The lowest BCUT2D eigenvalue weighted by Crippen LogP contribution is -2.57. The Labute approximate surface area is 386 Å². The van der Waals surface area contributed by atoms with E-state index in [1.165, 1.54) is 46.0 Å². The molecule has 0 unspecified atom stereocenters. The molecule has 0 aliphatic carbocycles. The summed E-state index contributed by atoms with van der Waals surface area (Å²) in [7, 11) is 1.90. The maximum Gasteiger partial charge on any atom is 0.336 e. The summed E-state index contributed by atoms with van der Waals surface area (Å²) in [5, 5.41) is 58.5. The Morgan fingerprint density at radius 3 is 1.39 bits per heavy atom. The minimum atomic E-state index is -1.33. The minimum Gasteiger partial charge on any atom is -0.478 e. The van der Waals surface area contributed by atoms with E-state index in [1.807, 2.05) is 87.6 Å². The summed E-state index contributed by atoms with van der Waals surface area (Å²) >= 11 is 0. The zero-order chi connectivity index (χ0) is 48.6. The molecule has 0 saturated carbocycles. The van der Waals surface area contributed by atoms with Gasteiger partial charge in [0.05, 0.1) is 16.7 Å². The highest BCUT2D eigenvalue weighted by molar-refractivity contribution is 6.13. The van der Waals surface area contributed by atoms with Crippen molar-refractivity contribution < 1.29 is 39.8 Å². The van der Waals surface area contributed by atoms with Gasteiger partial charge in [0.1, 0.15) is 0 Å². The number of hydrogen-bond donors (Lipinski definition) is 6. The number of carbonyl (C=O) groups excluding carboxylic acids is 2. The lowest BCUT2D eigenvalue weighted by Gasteiger charge is -2.50. The van der Waals surface area contributed by atoms with Gasteiger partial charge in [0, 0.05) is 51.6 Å². The zero-order valence-corrected chi connectivity index (χ0v) is 40.3. The number of rotatable bonds is 9. The number of amides is 1. The predicted molar refractivity (Wildman–Crippen MR) is 261 cm³/mol. The molecular weight excluding hydrogens is 833 g/mol. The van der Waals surface area contributed by atoms with Gasteiger partial charge < -0.3 is 31.3 Å². The van der Waals surface area contributed by atoms with Gasteiger partial charge in [0.25, 0.3) is 5.91 Å². The first kappa shape index (κ1) is 48.0. The second-order valence-corrected chi connectivity index (χ2v) is 21.5. The van der Waals surface area contributed by atoms with Gasteiger partial charge in [-0.2, -0.15) is 10.1 Å². The molecule has 2 fully saturated rings. The number of aromatic carboxylic acids is 2. The van der Waals surface area contributed by atoms with Gasteiger partial charge in [-0.3, -0.25) is 9.59 Å². The van der Waals surface area contributed by atoms with Crippen molar-refractivity contribution in [3.63, 3.8) is 0 Å². The van der Waals surface area contributed by atoms with Gasteiger partial charge in [0.2, 0.25) is 0 Å². The van der Waals surface area contributed by atoms with Crippen molar-refractivity contribution in [3.05, 3.63) is 105 Å². The Hall–Kier alpha value is -5.92. The number of benzene rings is 5. The smallest absolute Gasteiger partial charge is 0.336 e. The third-order valence-corrected chi connectivity index (χ3v) is 14.1. The maximum atomic E-state index is 14.3. The number of hydrogen-bond acceptors (Lipinski definition) is 9. The van der Waals surface area contributed by atoms with Crippen molar-refractivity contribution in [2.45, 2.75) is 130 Å². The van der Waals surface area contributed by atoms with Gasteiger partial charge in [-0.05, 0) is 179 Å². The molecule has 12 heteroatoms. The monoisotopic (exact) mass is 896 g/mol. The fourth-order valence-electron chi connectivity index (χ4n) is 10.6. The summed E-state index contributed by atoms with van der Waals surface area (Å²) in [5.41, 5.74) is 0.880. The molecule has 2 heterocycles. The molecule has 0 atom stereocenters. The predicted octanol–water partition coefficient (Wildman–Crippen LogP) is 10.4. The Morgan fingerprint density at radius 2 is 0.970 bits per heavy atom. The van der Waals surface area contributed by atoms with E-state index in [0.29, 0.717) is 48.9 Å². The van der Waals surface area contributed by atoms with Crippen LogP contribution in [0.2, 0.25) is 0 Å². The van der Waals surface area contributed by atoms with E-state index < -0.39 is 45.4 Å². The minimum absolute atomic E-state index is 0.0245. The molecule has 6 N–H and O–H groups in total. The lowest BCUT2D eigenvalue weighted by atomic mass is 9.75. The van der Waals surface area contributed by atoms with Crippen LogP contribution in [0.5, 0.6) is 0 Å². The highest BCUT2D eigenvalue weighted by Gasteiger charge is 2.45. The van der Waals surface area contributed by atoms with Crippen molar-refractivity contribution in [1.82, 2.24) is 10.1 Å². The molecule has 0 aromatic heterocycles. The molecule has 348 valence electrons. The maximum absolute atomic E-state index is 14.3. The first-order valence-corrected chi connectivity index (χ1v) is 22.6. The summed E-state index contributed by atoms with van der Waals surface area (Å²) in [5.74, 6) is -3.56. The molecular formula is C54H64N4O8. The molecule has 12 nitrogen and oxygen atoms in total. The van der Waals surface area contributed by atoms with E-state index in [-0.39, 0.29) is 28.0 Å². The molecule has 7 rings (SSSR count). The van der Waals surface area contributed by atoms with Crippen LogP contribution < -0.4 is 21.1 Å². The molecule has 2 aliphatic heterocycles. The number of ketones is 1. The number of carbonyl (C=O) groups is 4. The standard InChI is InChI=1S/C54H64N4O8/c1-13-50(2,3)46(59)42-22-30(15-19-39(42)48(61)62)31-14-18-38(43(23-31)49(63)64)47(60)56-35-17-21-37-41(25-35)45(33-28-53(8,9)58(66)54(10,11)29-33)36-20-16-34(55-12)24-40(36)44(37)32-26-51(4,5)57(65)52(6,7)27-32/h14-25,55,65-66H,13,26-29H2,1-12H3,(H,56,60)(H,61,62)(H,63,64). The zero-order valence-electron chi connectivity index (χ0n) is 40.3. The first-order valence-electron chi connectivity index (χ1n) is 22.6. The van der Waals surface area contributed by atoms with Gasteiger partial charge in [-0.1, -0.05) is 56.2 Å². The van der Waals surface area contributed by atoms with E-state index in [9.17, 15) is 39.8 Å². The number of Topliss-reactive ketones (excluding diaryl/α,β-unsaturated/α-hetero) is 1. The third kappa shape index (κ3) is 8.51. The largest absolute Gasteiger partial charge is 0.478 e.